The third kappa shape index (κ3) is 2.61. The van der Waals surface area contributed by atoms with E-state index in [-0.39, 0.29) is 6.03 Å². The molecule has 2 aliphatic heterocycles. The summed E-state index contributed by atoms with van der Waals surface area (Å²) in [6.07, 6.45) is 3.72. The van der Waals surface area contributed by atoms with Gasteiger partial charge in [0.05, 0.1) is 17.9 Å². The van der Waals surface area contributed by atoms with E-state index in [1.165, 1.54) is 11.5 Å². The monoisotopic (exact) mass is 349 g/mol. The van der Waals surface area contributed by atoms with Crippen molar-refractivity contribution in [3.8, 4) is 0 Å². The lowest BCUT2D eigenvalue weighted by Gasteiger charge is -2.38. The second-order valence-corrected chi connectivity index (χ2v) is 6.75. The van der Waals surface area contributed by atoms with Gasteiger partial charge in [-0.3, -0.25) is 9.58 Å². The fraction of sp³-hybridized carbons (Fsp3) is 0.571. The first-order valence-electron chi connectivity index (χ1n) is 7.79. The fourth-order valence-corrected chi connectivity index (χ4v) is 3.58. The quantitative estimate of drug-likeness (QED) is 0.795. The largest absolute Gasteiger partial charge is 0.377 e. The predicted molar refractivity (Wildman–Crippen MR) is 89.5 cm³/mol. The maximum Gasteiger partial charge on any atom is 0.324 e. The van der Waals surface area contributed by atoms with Gasteiger partial charge >= 0.3 is 6.03 Å². The molecule has 2 amide bonds. The predicted octanol–water partition coefficient (Wildman–Crippen LogP) is 0.814. The van der Waals surface area contributed by atoms with Gasteiger partial charge in [0, 0.05) is 58.1 Å². The number of anilines is 2. The number of aromatic nitrogens is 4. The van der Waals surface area contributed by atoms with Gasteiger partial charge < -0.3 is 14.5 Å². The molecule has 0 unspecified atom stereocenters. The van der Waals surface area contributed by atoms with E-state index in [0.29, 0.717) is 19.2 Å². The van der Waals surface area contributed by atoms with E-state index in [9.17, 15) is 4.79 Å². The van der Waals surface area contributed by atoms with Gasteiger partial charge in [-0.1, -0.05) is 0 Å². The maximum absolute atomic E-state index is 12.0. The molecule has 4 heterocycles. The van der Waals surface area contributed by atoms with E-state index in [1.54, 1.807) is 23.1 Å². The van der Waals surface area contributed by atoms with Crippen molar-refractivity contribution in [1.82, 2.24) is 24.0 Å². The third-order valence-electron chi connectivity index (χ3n) is 4.35. The molecule has 0 bridgehead atoms. The van der Waals surface area contributed by atoms with Gasteiger partial charge in [-0.25, -0.2) is 9.78 Å². The molecule has 2 aromatic rings. The van der Waals surface area contributed by atoms with E-state index in [1.807, 2.05) is 17.9 Å². The number of nitrogens with zero attached hydrogens (tertiary/aromatic N) is 7. The first kappa shape index (κ1) is 15.3. The standard InChI is InChI=1S/C14H19N7O2S/c1-18-3-4-20(14(18)22)10-5-15-21(8-10)11-6-19(7-11)13-16-12(9-23-2)17-24-13/h5,8,11H,3-4,6-7,9H2,1-2H3. The van der Waals surface area contributed by atoms with Crippen LogP contribution in [-0.4, -0.2) is 70.4 Å². The van der Waals surface area contributed by atoms with Gasteiger partial charge in [0.15, 0.2) is 5.82 Å². The van der Waals surface area contributed by atoms with Gasteiger partial charge in [-0.05, 0) is 0 Å². The number of amides is 2. The summed E-state index contributed by atoms with van der Waals surface area (Å²) in [5.74, 6) is 0.721. The molecule has 2 fully saturated rings. The third-order valence-corrected chi connectivity index (χ3v) is 5.17. The highest BCUT2D eigenvalue weighted by molar-refractivity contribution is 7.09. The Balaban J connectivity index is 1.38. The molecule has 0 atom stereocenters. The number of likely N-dealkylation sites (N-methyl/N-ethyl adjacent to an activating group) is 1. The van der Waals surface area contributed by atoms with Crippen LogP contribution in [-0.2, 0) is 11.3 Å². The maximum atomic E-state index is 12.0. The minimum absolute atomic E-state index is 0.0318. The molecule has 9 nitrogen and oxygen atoms in total. The lowest BCUT2D eigenvalue weighted by Crippen LogP contribution is -2.48. The lowest BCUT2D eigenvalue weighted by atomic mass is 10.1. The molecule has 0 N–H and O–H groups in total. The Morgan fingerprint density at radius 3 is 2.92 bits per heavy atom. The second kappa shape index (κ2) is 6.02. The minimum atomic E-state index is 0.0318. The number of hydrogen-bond donors (Lipinski definition) is 0. The molecule has 0 spiro atoms. The molecule has 4 rings (SSSR count). The molecule has 24 heavy (non-hydrogen) atoms. The zero-order valence-corrected chi connectivity index (χ0v) is 14.4. The second-order valence-electron chi connectivity index (χ2n) is 6.02. The van der Waals surface area contributed by atoms with Crippen LogP contribution < -0.4 is 9.80 Å². The van der Waals surface area contributed by atoms with Crippen molar-refractivity contribution in [3.63, 3.8) is 0 Å². The summed E-state index contributed by atoms with van der Waals surface area (Å²) in [5.41, 5.74) is 0.862. The number of carbonyl (C=O) groups is 1. The number of rotatable bonds is 5. The molecule has 2 aromatic heterocycles. The minimum Gasteiger partial charge on any atom is -0.377 e. The molecule has 128 valence electrons. The van der Waals surface area contributed by atoms with E-state index < -0.39 is 0 Å². The molecular formula is C14H19N7O2S. The molecular weight excluding hydrogens is 330 g/mol. The van der Waals surface area contributed by atoms with Crippen molar-refractivity contribution in [1.29, 1.82) is 0 Å². The van der Waals surface area contributed by atoms with Gasteiger partial charge in [0.25, 0.3) is 0 Å². The molecule has 0 aromatic carbocycles. The van der Waals surface area contributed by atoms with Gasteiger partial charge in [0.2, 0.25) is 5.13 Å². The lowest BCUT2D eigenvalue weighted by molar-refractivity contribution is 0.179. The van der Waals surface area contributed by atoms with Crippen molar-refractivity contribution in [2.45, 2.75) is 12.6 Å². The summed E-state index contributed by atoms with van der Waals surface area (Å²) in [6.45, 7) is 3.59. The molecule has 0 radical (unpaired) electrons. The van der Waals surface area contributed by atoms with Crippen LogP contribution in [0.15, 0.2) is 12.4 Å². The van der Waals surface area contributed by atoms with Crippen LogP contribution >= 0.6 is 11.5 Å². The van der Waals surface area contributed by atoms with E-state index >= 15 is 0 Å². The van der Waals surface area contributed by atoms with Crippen LogP contribution in [0.1, 0.15) is 11.9 Å². The highest BCUT2D eigenvalue weighted by Gasteiger charge is 2.33. The van der Waals surface area contributed by atoms with E-state index in [4.69, 9.17) is 4.74 Å². The zero-order valence-electron chi connectivity index (χ0n) is 13.6. The summed E-state index contributed by atoms with van der Waals surface area (Å²) < 4.78 is 11.3. The Kier molecular flexibility index (Phi) is 3.85. The summed E-state index contributed by atoms with van der Waals surface area (Å²) in [4.78, 5) is 22.2. The number of ether oxygens (including phenoxy) is 1. The van der Waals surface area contributed by atoms with E-state index in [2.05, 4.69) is 19.4 Å². The normalized spacial score (nSPS) is 18.6. The molecule has 0 saturated carbocycles. The highest BCUT2D eigenvalue weighted by Crippen LogP contribution is 2.30. The van der Waals surface area contributed by atoms with E-state index in [0.717, 1.165) is 36.3 Å². The van der Waals surface area contributed by atoms with Gasteiger partial charge in [-0.15, -0.1) is 0 Å². The van der Waals surface area contributed by atoms with Gasteiger partial charge in [-0.2, -0.15) is 9.47 Å². The molecule has 2 saturated heterocycles. The Hall–Kier alpha value is -2.20. The summed E-state index contributed by atoms with van der Waals surface area (Å²) >= 11 is 1.39. The molecule has 0 aliphatic carbocycles. The summed E-state index contributed by atoms with van der Waals surface area (Å²) in [7, 11) is 3.45. The SMILES string of the molecule is COCc1nsc(N2CC(n3cc(N4CCN(C)C4=O)cn3)C2)n1. The Morgan fingerprint density at radius 1 is 1.38 bits per heavy atom. The van der Waals surface area contributed by atoms with Crippen molar-refractivity contribution >= 4 is 28.4 Å². The first-order chi connectivity index (χ1) is 11.7. The fourth-order valence-electron chi connectivity index (χ4n) is 2.89. The zero-order chi connectivity index (χ0) is 16.7. The van der Waals surface area contributed by atoms with Crippen molar-refractivity contribution in [2.75, 3.05) is 50.1 Å². The average Bonchev–Trinajstić information content (AvgIpc) is 3.22. The Morgan fingerprint density at radius 2 is 2.21 bits per heavy atom. The average molecular weight is 349 g/mol. The number of hydrogen-bond acceptors (Lipinski definition) is 7. The Bertz CT molecular complexity index is 739. The summed E-state index contributed by atoms with van der Waals surface area (Å²) in [5, 5.41) is 5.35. The molecule has 2 aliphatic rings. The number of urea groups is 1. The highest BCUT2D eigenvalue weighted by atomic mass is 32.1. The smallest absolute Gasteiger partial charge is 0.324 e. The van der Waals surface area contributed by atoms with Crippen LogP contribution in [0.3, 0.4) is 0 Å². The van der Waals surface area contributed by atoms with Crippen LogP contribution in [0.2, 0.25) is 0 Å². The van der Waals surface area contributed by atoms with Crippen LogP contribution in [0.25, 0.3) is 0 Å². The molecule has 10 heteroatoms. The van der Waals surface area contributed by atoms with Crippen LogP contribution in [0.4, 0.5) is 15.6 Å². The number of carbonyl (C=O) groups excluding carboxylic acids is 1. The first-order valence-corrected chi connectivity index (χ1v) is 8.56. The topological polar surface area (TPSA) is 79.6 Å². The Labute approximate surface area is 143 Å². The van der Waals surface area contributed by atoms with Gasteiger partial charge in [0.1, 0.15) is 6.61 Å². The number of methoxy groups -OCH3 is 1. The van der Waals surface area contributed by atoms with Crippen LogP contribution in [0.5, 0.6) is 0 Å². The van der Waals surface area contributed by atoms with Crippen molar-refractivity contribution in [3.05, 3.63) is 18.2 Å². The summed E-state index contributed by atoms with van der Waals surface area (Å²) in [6, 6.07) is 0.327. The van der Waals surface area contributed by atoms with Crippen molar-refractivity contribution in [2.24, 2.45) is 0 Å². The van der Waals surface area contributed by atoms with Crippen molar-refractivity contribution < 1.29 is 9.53 Å². The van der Waals surface area contributed by atoms with Crippen LogP contribution in [0, 0.1) is 0 Å².